The molecule has 9 heteroatoms. The van der Waals surface area contributed by atoms with Gasteiger partial charge in [-0.05, 0) is 23.3 Å². The van der Waals surface area contributed by atoms with Crippen LogP contribution in [0.3, 0.4) is 0 Å². The number of rotatable bonds is 6. The number of nitrogens with zero attached hydrogens (tertiary/aromatic N) is 4. The Morgan fingerprint density at radius 2 is 2.37 bits per heavy atom. The Balaban J connectivity index is 1.98. The number of sulfone groups is 1. The van der Waals surface area contributed by atoms with Crippen LogP contribution >= 0.6 is 0 Å². The number of ether oxygens (including phenoxy) is 1. The first-order valence-corrected chi connectivity index (χ1v) is 8.11. The average Bonchev–Trinajstić information content (AvgIpc) is 2.82. The molecule has 1 aliphatic heterocycles. The second-order valence-corrected chi connectivity index (χ2v) is 6.85. The Hall–Kier alpha value is -1.06. The standard InChI is InChI=1S/C10H19N5O3S/c1-18-5-4-11-7-10-12-13-14-15(10)9-3-2-6-19(16,17)8-9/h9,11H,2-8H2,1H3. The molecule has 0 spiro atoms. The van der Waals surface area contributed by atoms with Crippen molar-refractivity contribution in [3.05, 3.63) is 5.82 Å². The quantitative estimate of drug-likeness (QED) is 0.682. The minimum Gasteiger partial charge on any atom is -0.383 e. The third kappa shape index (κ3) is 3.95. The van der Waals surface area contributed by atoms with E-state index >= 15 is 0 Å². The van der Waals surface area contributed by atoms with Crippen LogP contribution < -0.4 is 5.32 Å². The van der Waals surface area contributed by atoms with E-state index in [1.54, 1.807) is 11.8 Å². The second kappa shape index (κ2) is 6.40. The van der Waals surface area contributed by atoms with E-state index in [4.69, 9.17) is 4.74 Å². The molecule has 0 bridgehead atoms. The number of nitrogens with one attached hydrogen (secondary N) is 1. The number of methoxy groups -OCH3 is 1. The number of tetrazole rings is 1. The summed E-state index contributed by atoms with van der Waals surface area (Å²) in [6, 6.07) is -0.145. The van der Waals surface area contributed by atoms with E-state index in [9.17, 15) is 8.42 Å². The average molecular weight is 289 g/mol. The van der Waals surface area contributed by atoms with Gasteiger partial charge in [-0.1, -0.05) is 0 Å². The molecule has 0 amide bonds. The molecule has 1 aromatic rings. The molecule has 108 valence electrons. The van der Waals surface area contributed by atoms with Crippen LogP contribution in [0.1, 0.15) is 24.7 Å². The smallest absolute Gasteiger partial charge is 0.165 e. The molecule has 1 saturated heterocycles. The summed E-state index contributed by atoms with van der Waals surface area (Å²) in [7, 11) is -1.32. The van der Waals surface area contributed by atoms with Gasteiger partial charge < -0.3 is 10.1 Å². The fraction of sp³-hybridized carbons (Fsp3) is 0.900. The van der Waals surface area contributed by atoms with Gasteiger partial charge in [-0.15, -0.1) is 5.10 Å². The molecule has 2 rings (SSSR count). The Labute approximate surface area is 112 Å². The molecule has 1 aliphatic rings. The molecule has 19 heavy (non-hydrogen) atoms. The van der Waals surface area contributed by atoms with Crippen LogP contribution in [0, 0.1) is 0 Å². The van der Waals surface area contributed by atoms with Gasteiger partial charge in [-0.2, -0.15) is 0 Å². The lowest BCUT2D eigenvalue weighted by molar-refractivity contribution is 0.198. The minimum absolute atomic E-state index is 0.128. The summed E-state index contributed by atoms with van der Waals surface area (Å²) in [5.74, 6) is 1.06. The predicted octanol–water partition coefficient (Wildman–Crippen LogP) is -0.841. The highest BCUT2D eigenvalue weighted by molar-refractivity contribution is 7.91. The van der Waals surface area contributed by atoms with Crippen LogP contribution in [0.4, 0.5) is 0 Å². The summed E-state index contributed by atoms with van der Waals surface area (Å²) in [5, 5.41) is 14.7. The maximum absolute atomic E-state index is 11.7. The zero-order chi connectivity index (χ0) is 13.7. The van der Waals surface area contributed by atoms with Crippen molar-refractivity contribution in [3.8, 4) is 0 Å². The molecular weight excluding hydrogens is 270 g/mol. The van der Waals surface area contributed by atoms with Crippen molar-refractivity contribution in [1.82, 2.24) is 25.5 Å². The third-order valence-electron chi connectivity index (χ3n) is 3.11. The lowest BCUT2D eigenvalue weighted by Crippen LogP contribution is -2.30. The van der Waals surface area contributed by atoms with Crippen molar-refractivity contribution in [2.45, 2.75) is 25.4 Å². The highest BCUT2D eigenvalue weighted by atomic mass is 32.2. The van der Waals surface area contributed by atoms with Gasteiger partial charge in [0.2, 0.25) is 0 Å². The molecule has 0 aliphatic carbocycles. The van der Waals surface area contributed by atoms with Crippen LogP contribution in [-0.4, -0.2) is 60.4 Å². The molecule has 0 aromatic carbocycles. The summed E-state index contributed by atoms with van der Waals surface area (Å²) in [6.45, 7) is 1.82. The van der Waals surface area contributed by atoms with Crippen molar-refractivity contribution >= 4 is 9.84 Å². The fourth-order valence-corrected chi connectivity index (χ4v) is 3.85. The molecule has 0 radical (unpaired) electrons. The molecule has 1 N–H and O–H groups in total. The zero-order valence-electron chi connectivity index (χ0n) is 10.9. The maximum Gasteiger partial charge on any atom is 0.165 e. The van der Waals surface area contributed by atoms with Gasteiger partial charge in [0.15, 0.2) is 15.7 Å². The molecule has 8 nitrogen and oxygen atoms in total. The van der Waals surface area contributed by atoms with E-state index in [1.807, 2.05) is 0 Å². The van der Waals surface area contributed by atoms with Crippen molar-refractivity contribution in [3.63, 3.8) is 0 Å². The van der Waals surface area contributed by atoms with Crippen LogP contribution in [0.15, 0.2) is 0 Å². The van der Waals surface area contributed by atoms with E-state index in [0.29, 0.717) is 31.9 Å². The fourth-order valence-electron chi connectivity index (χ4n) is 2.18. The zero-order valence-corrected chi connectivity index (χ0v) is 11.8. The Bertz CT molecular complexity index is 501. The van der Waals surface area contributed by atoms with Gasteiger partial charge in [0.05, 0.1) is 30.7 Å². The lowest BCUT2D eigenvalue weighted by atomic mass is 10.2. The molecule has 0 saturated carbocycles. The van der Waals surface area contributed by atoms with Gasteiger partial charge in [-0.3, -0.25) is 0 Å². The number of hydrogen-bond acceptors (Lipinski definition) is 7. The van der Waals surface area contributed by atoms with E-state index in [1.165, 1.54) is 0 Å². The SMILES string of the molecule is COCCNCc1nnnn1C1CCCS(=O)(=O)C1. The van der Waals surface area contributed by atoms with Gasteiger partial charge >= 0.3 is 0 Å². The summed E-state index contributed by atoms with van der Waals surface area (Å²) < 4.78 is 29.9. The minimum atomic E-state index is -2.96. The van der Waals surface area contributed by atoms with E-state index in [0.717, 1.165) is 6.42 Å². The summed E-state index contributed by atoms with van der Waals surface area (Å²) >= 11 is 0. The monoisotopic (exact) mass is 289 g/mol. The predicted molar refractivity (Wildman–Crippen MR) is 68.3 cm³/mol. The Morgan fingerprint density at radius 3 is 3.11 bits per heavy atom. The van der Waals surface area contributed by atoms with Gasteiger partial charge in [0.1, 0.15) is 0 Å². The number of aromatic nitrogens is 4. The van der Waals surface area contributed by atoms with Crippen LogP contribution in [-0.2, 0) is 21.1 Å². The highest BCUT2D eigenvalue weighted by Crippen LogP contribution is 2.22. The van der Waals surface area contributed by atoms with Gasteiger partial charge in [0, 0.05) is 13.7 Å². The van der Waals surface area contributed by atoms with Gasteiger partial charge in [0.25, 0.3) is 0 Å². The second-order valence-electron chi connectivity index (χ2n) is 4.62. The first kappa shape index (κ1) is 14.4. The number of hydrogen-bond donors (Lipinski definition) is 1. The summed E-state index contributed by atoms with van der Waals surface area (Å²) in [4.78, 5) is 0. The normalized spacial score (nSPS) is 22.5. The molecule has 1 atom stereocenters. The van der Waals surface area contributed by atoms with Crippen molar-refractivity contribution in [2.24, 2.45) is 0 Å². The Kier molecular flexibility index (Phi) is 4.83. The van der Waals surface area contributed by atoms with Crippen LogP contribution in [0.5, 0.6) is 0 Å². The van der Waals surface area contributed by atoms with E-state index in [2.05, 4.69) is 20.8 Å². The highest BCUT2D eigenvalue weighted by Gasteiger charge is 2.28. The van der Waals surface area contributed by atoms with Crippen molar-refractivity contribution in [1.29, 1.82) is 0 Å². The molecule has 1 fully saturated rings. The molecule has 2 heterocycles. The first-order valence-electron chi connectivity index (χ1n) is 6.29. The van der Waals surface area contributed by atoms with E-state index in [-0.39, 0.29) is 17.5 Å². The van der Waals surface area contributed by atoms with Crippen LogP contribution in [0.2, 0.25) is 0 Å². The summed E-state index contributed by atoms with van der Waals surface area (Å²) in [6.07, 6.45) is 1.47. The largest absolute Gasteiger partial charge is 0.383 e. The molecule has 1 unspecified atom stereocenters. The lowest BCUT2D eigenvalue weighted by Gasteiger charge is -2.22. The van der Waals surface area contributed by atoms with Crippen molar-refractivity contribution < 1.29 is 13.2 Å². The molecule has 1 aromatic heterocycles. The van der Waals surface area contributed by atoms with E-state index < -0.39 is 9.84 Å². The third-order valence-corrected chi connectivity index (χ3v) is 4.92. The topological polar surface area (TPSA) is 99.0 Å². The Morgan fingerprint density at radius 1 is 1.53 bits per heavy atom. The first-order chi connectivity index (χ1) is 9.12. The molecular formula is C10H19N5O3S. The van der Waals surface area contributed by atoms with Crippen molar-refractivity contribution in [2.75, 3.05) is 31.8 Å². The summed E-state index contributed by atoms with van der Waals surface area (Å²) in [5.41, 5.74) is 0. The maximum atomic E-state index is 11.7. The van der Waals surface area contributed by atoms with Crippen LogP contribution in [0.25, 0.3) is 0 Å². The van der Waals surface area contributed by atoms with Gasteiger partial charge in [-0.25, -0.2) is 13.1 Å².